The summed E-state index contributed by atoms with van der Waals surface area (Å²) in [5.41, 5.74) is 4.79. The molecule has 0 bridgehead atoms. The Morgan fingerprint density at radius 2 is 1.96 bits per heavy atom. The summed E-state index contributed by atoms with van der Waals surface area (Å²) in [5, 5.41) is 3.65. The second-order valence-corrected chi connectivity index (χ2v) is 6.76. The van der Waals surface area contributed by atoms with Crippen LogP contribution in [-0.2, 0) is 7.05 Å². The van der Waals surface area contributed by atoms with E-state index < -0.39 is 0 Å². The smallest absolute Gasteiger partial charge is 0.184 e. The predicted molar refractivity (Wildman–Crippen MR) is 101 cm³/mol. The zero-order chi connectivity index (χ0) is 17.7. The number of aryl methyl sites for hydroxylation is 1. The Kier molecular flexibility index (Phi) is 3.28. The van der Waals surface area contributed by atoms with Gasteiger partial charge in [0.15, 0.2) is 5.78 Å². The number of aromatic nitrogens is 2. The van der Waals surface area contributed by atoms with Gasteiger partial charge in [-0.15, -0.1) is 0 Å². The number of nitrogens with one attached hydrogen (secondary N) is 1. The lowest BCUT2D eigenvalue weighted by Gasteiger charge is -2.38. The van der Waals surface area contributed by atoms with E-state index in [0.717, 1.165) is 28.4 Å². The monoisotopic (exact) mass is 342 g/mol. The van der Waals surface area contributed by atoms with E-state index >= 15 is 0 Å². The molecule has 2 unspecified atom stereocenters. The maximum absolute atomic E-state index is 12.4. The molecule has 3 aromatic rings. The Morgan fingerprint density at radius 3 is 2.73 bits per heavy atom. The fraction of sp³-hybridized carbons (Fsp3) is 0.190. The zero-order valence-corrected chi connectivity index (χ0v) is 14.4. The highest BCUT2D eigenvalue weighted by atomic mass is 16.1. The van der Waals surface area contributed by atoms with Gasteiger partial charge in [-0.3, -0.25) is 9.79 Å². The lowest BCUT2D eigenvalue weighted by Crippen LogP contribution is -2.37. The van der Waals surface area contributed by atoms with Gasteiger partial charge in [-0.25, -0.2) is 4.98 Å². The number of anilines is 1. The highest BCUT2D eigenvalue weighted by molar-refractivity contribution is 6.21. The summed E-state index contributed by atoms with van der Waals surface area (Å²) in [6.45, 7) is 0.203. The standard InChI is InChI=1S/C21H18N4O/c1-25-11-10-22-21(25)18-19(13-6-3-2-4-7-13)24-15-9-5-8-14-16(26)12-23-20(18)17(14)15/h2-11,18-19,24H,12H2,1H3. The van der Waals surface area contributed by atoms with Crippen molar-refractivity contribution < 1.29 is 4.79 Å². The molecule has 0 radical (unpaired) electrons. The van der Waals surface area contributed by atoms with Gasteiger partial charge in [-0.2, -0.15) is 0 Å². The van der Waals surface area contributed by atoms with Gasteiger partial charge in [0.25, 0.3) is 0 Å². The van der Waals surface area contributed by atoms with E-state index in [0.29, 0.717) is 0 Å². The molecule has 2 aliphatic heterocycles. The van der Waals surface area contributed by atoms with Crippen LogP contribution in [0.1, 0.15) is 39.3 Å². The number of rotatable bonds is 2. The summed E-state index contributed by atoms with van der Waals surface area (Å²) in [6.07, 6.45) is 3.76. The molecule has 0 aliphatic carbocycles. The van der Waals surface area contributed by atoms with Crippen LogP contribution in [0.15, 0.2) is 65.9 Å². The van der Waals surface area contributed by atoms with Crippen LogP contribution in [-0.4, -0.2) is 27.6 Å². The molecular formula is C21H18N4O. The van der Waals surface area contributed by atoms with E-state index in [4.69, 9.17) is 4.99 Å². The van der Waals surface area contributed by atoms with Gasteiger partial charge in [-0.05, 0) is 11.6 Å². The van der Waals surface area contributed by atoms with Gasteiger partial charge in [0, 0.05) is 36.3 Å². The molecule has 2 atom stereocenters. The molecular weight excluding hydrogens is 324 g/mol. The SMILES string of the molecule is Cn1ccnc1C1C2=NCC(=O)c3cccc(c32)NC1c1ccccc1. The van der Waals surface area contributed by atoms with Gasteiger partial charge < -0.3 is 9.88 Å². The third-order valence-corrected chi connectivity index (χ3v) is 5.25. The maximum Gasteiger partial charge on any atom is 0.184 e. The van der Waals surface area contributed by atoms with E-state index in [1.165, 1.54) is 5.56 Å². The molecule has 1 aromatic heterocycles. The number of imidazole rings is 1. The van der Waals surface area contributed by atoms with Gasteiger partial charge in [0.1, 0.15) is 12.4 Å². The number of Topliss-reactive ketones (excluding diaryl/α,β-unsaturated/α-hetero) is 1. The first-order chi connectivity index (χ1) is 12.7. The molecule has 5 rings (SSSR count). The second-order valence-electron chi connectivity index (χ2n) is 6.76. The van der Waals surface area contributed by atoms with Crippen molar-refractivity contribution in [2.24, 2.45) is 12.0 Å². The van der Waals surface area contributed by atoms with Crippen molar-refractivity contribution >= 4 is 17.2 Å². The molecule has 5 heteroatoms. The highest BCUT2D eigenvalue weighted by Gasteiger charge is 2.41. The summed E-state index contributed by atoms with van der Waals surface area (Å²) in [6, 6.07) is 16.2. The quantitative estimate of drug-likeness (QED) is 0.777. The van der Waals surface area contributed by atoms with Crippen LogP contribution >= 0.6 is 0 Å². The van der Waals surface area contributed by atoms with E-state index in [9.17, 15) is 4.79 Å². The van der Waals surface area contributed by atoms with Crippen LogP contribution in [0, 0.1) is 0 Å². The first-order valence-corrected chi connectivity index (χ1v) is 8.73. The Bertz CT molecular complexity index is 1040. The molecule has 1 N–H and O–H groups in total. The number of carbonyl (C=O) groups excluding carboxylic acids is 1. The molecule has 3 heterocycles. The topological polar surface area (TPSA) is 59.3 Å². The number of benzene rings is 2. The Hall–Kier alpha value is -3.21. The van der Waals surface area contributed by atoms with Crippen molar-refractivity contribution in [3.8, 4) is 0 Å². The maximum atomic E-state index is 12.4. The number of hydrogen-bond acceptors (Lipinski definition) is 4. The zero-order valence-electron chi connectivity index (χ0n) is 14.4. The third kappa shape index (κ3) is 2.13. The second kappa shape index (κ2) is 5.66. The number of aliphatic imine (C=N–C) groups is 1. The normalized spacial score (nSPS) is 21.0. The fourth-order valence-corrected chi connectivity index (χ4v) is 4.05. The molecule has 5 nitrogen and oxygen atoms in total. The first-order valence-electron chi connectivity index (χ1n) is 8.73. The van der Waals surface area contributed by atoms with Crippen molar-refractivity contribution in [1.82, 2.24) is 9.55 Å². The first kappa shape index (κ1) is 15.1. The van der Waals surface area contributed by atoms with E-state index in [1.807, 2.05) is 60.4 Å². The van der Waals surface area contributed by atoms with Gasteiger partial charge in [-0.1, -0.05) is 42.5 Å². The van der Waals surface area contributed by atoms with Gasteiger partial charge in [0.2, 0.25) is 0 Å². The van der Waals surface area contributed by atoms with Crippen LogP contribution in [0.5, 0.6) is 0 Å². The minimum atomic E-state index is -0.0563. The van der Waals surface area contributed by atoms with Crippen molar-refractivity contribution in [2.45, 2.75) is 12.0 Å². The molecule has 0 fully saturated rings. The summed E-state index contributed by atoms with van der Waals surface area (Å²) in [7, 11) is 2.00. The predicted octanol–water partition coefficient (Wildman–Crippen LogP) is 3.36. The summed E-state index contributed by atoms with van der Waals surface area (Å²) >= 11 is 0. The average molecular weight is 342 g/mol. The highest BCUT2D eigenvalue weighted by Crippen LogP contribution is 2.44. The van der Waals surface area contributed by atoms with Crippen molar-refractivity contribution in [3.63, 3.8) is 0 Å². The molecule has 0 saturated carbocycles. The number of carbonyl (C=O) groups is 1. The Labute approximate surface area is 151 Å². The molecule has 26 heavy (non-hydrogen) atoms. The molecule has 128 valence electrons. The van der Waals surface area contributed by atoms with E-state index in [-0.39, 0.29) is 24.3 Å². The average Bonchev–Trinajstić information content (AvgIpc) is 3.10. The van der Waals surface area contributed by atoms with Crippen molar-refractivity contribution in [1.29, 1.82) is 0 Å². The summed E-state index contributed by atoms with van der Waals surface area (Å²) in [5.74, 6) is 0.961. The Balaban J connectivity index is 1.76. The van der Waals surface area contributed by atoms with Crippen LogP contribution in [0.25, 0.3) is 0 Å². The summed E-state index contributed by atoms with van der Waals surface area (Å²) < 4.78 is 2.04. The minimum absolute atomic E-state index is 0.00648. The van der Waals surface area contributed by atoms with Crippen LogP contribution in [0.3, 0.4) is 0 Å². The van der Waals surface area contributed by atoms with E-state index in [2.05, 4.69) is 22.4 Å². The van der Waals surface area contributed by atoms with Gasteiger partial charge in [0.05, 0.1) is 17.7 Å². The van der Waals surface area contributed by atoms with Crippen LogP contribution in [0.2, 0.25) is 0 Å². The number of hydrogen-bond donors (Lipinski definition) is 1. The Morgan fingerprint density at radius 1 is 1.12 bits per heavy atom. The fourth-order valence-electron chi connectivity index (χ4n) is 4.05. The van der Waals surface area contributed by atoms with Crippen molar-refractivity contribution in [3.05, 3.63) is 83.4 Å². The lowest BCUT2D eigenvalue weighted by molar-refractivity contribution is 0.1000. The van der Waals surface area contributed by atoms with Crippen molar-refractivity contribution in [2.75, 3.05) is 11.9 Å². The van der Waals surface area contributed by atoms with Crippen LogP contribution in [0.4, 0.5) is 5.69 Å². The molecule has 0 spiro atoms. The summed E-state index contributed by atoms with van der Waals surface area (Å²) in [4.78, 5) is 21.7. The third-order valence-electron chi connectivity index (χ3n) is 5.25. The van der Waals surface area contributed by atoms with E-state index in [1.54, 1.807) is 0 Å². The number of ketones is 1. The van der Waals surface area contributed by atoms with Gasteiger partial charge >= 0.3 is 0 Å². The van der Waals surface area contributed by atoms with Crippen LogP contribution < -0.4 is 5.32 Å². The molecule has 0 amide bonds. The molecule has 2 aliphatic rings. The molecule has 2 aromatic carbocycles. The lowest BCUT2D eigenvalue weighted by atomic mass is 9.78. The molecule has 0 saturated heterocycles. The largest absolute Gasteiger partial charge is 0.377 e. The number of nitrogens with zero attached hydrogens (tertiary/aromatic N) is 3. The minimum Gasteiger partial charge on any atom is -0.377 e.